The van der Waals surface area contributed by atoms with E-state index in [1.54, 1.807) is 11.3 Å². The SMILES string of the molecule is Cc1cc(C=Cc2cccs2)cc(C)c1OC(=O)CN.Cl. The van der Waals surface area contributed by atoms with Gasteiger partial charge in [0, 0.05) is 4.88 Å². The maximum absolute atomic E-state index is 11.3. The number of benzene rings is 1. The van der Waals surface area contributed by atoms with Gasteiger partial charge in [-0.15, -0.1) is 23.7 Å². The molecule has 3 nitrogen and oxygen atoms in total. The zero-order chi connectivity index (χ0) is 14.5. The van der Waals surface area contributed by atoms with Crippen molar-refractivity contribution < 1.29 is 9.53 Å². The van der Waals surface area contributed by atoms with Gasteiger partial charge < -0.3 is 10.5 Å². The lowest BCUT2D eigenvalue weighted by Gasteiger charge is -2.11. The lowest BCUT2D eigenvalue weighted by atomic mass is 10.1. The Labute approximate surface area is 134 Å². The van der Waals surface area contributed by atoms with Crippen molar-refractivity contribution in [1.82, 2.24) is 0 Å². The monoisotopic (exact) mass is 323 g/mol. The molecule has 1 aromatic carbocycles. The van der Waals surface area contributed by atoms with E-state index >= 15 is 0 Å². The second-order valence-electron chi connectivity index (χ2n) is 4.51. The van der Waals surface area contributed by atoms with Gasteiger partial charge in [0.1, 0.15) is 5.75 Å². The largest absolute Gasteiger partial charge is 0.425 e. The first-order valence-corrected chi connectivity index (χ1v) is 7.21. The first-order valence-electron chi connectivity index (χ1n) is 6.33. The second-order valence-corrected chi connectivity index (χ2v) is 5.49. The number of carbonyl (C=O) groups excluding carboxylic acids is 1. The molecule has 0 aliphatic carbocycles. The summed E-state index contributed by atoms with van der Waals surface area (Å²) in [6.45, 7) is 3.74. The minimum absolute atomic E-state index is 0. The van der Waals surface area contributed by atoms with Crippen LogP contribution in [0.3, 0.4) is 0 Å². The summed E-state index contributed by atoms with van der Waals surface area (Å²) in [5.74, 6) is 0.187. The Balaban J connectivity index is 0.00000220. The van der Waals surface area contributed by atoms with Crippen molar-refractivity contribution in [2.45, 2.75) is 13.8 Å². The van der Waals surface area contributed by atoms with Crippen LogP contribution in [0.25, 0.3) is 12.2 Å². The average molecular weight is 324 g/mol. The Morgan fingerprint density at radius 2 is 1.95 bits per heavy atom. The molecular weight excluding hydrogens is 306 g/mol. The standard InChI is InChI=1S/C16H17NO2S.ClH/c1-11-8-13(5-6-14-4-3-7-20-14)9-12(2)16(11)19-15(18)10-17;/h3-9H,10,17H2,1-2H3;1H. The van der Waals surface area contributed by atoms with Crippen LogP contribution >= 0.6 is 23.7 Å². The lowest BCUT2D eigenvalue weighted by molar-refractivity contribution is -0.132. The molecule has 112 valence electrons. The fraction of sp³-hybridized carbons (Fsp3) is 0.188. The first-order chi connectivity index (χ1) is 9.60. The Hall–Kier alpha value is -1.62. The highest BCUT2D eigenvalue weighted by atomic mass is 35.5. The minimum Gasteiger partial charge on any atom is -0.425 e. The van der Waals surface area contributed by atoms with Crippen LogP contribution in [-0.4, -0.2) is 12.5 Å². The lowest BCUT2D eigenvalue weighted by Crippen LogP contribution is -2.20. The number of hydrogen-bond acceptors (Lipinski definition) is 4. The highest BCUT2D eigenvalue weighted by Gasteiger charge is 2.09. The van der Waals surface area contributed by atoms with E-state index in [2.05, 4.69) is 18.2 Å². The highest BCUT2D eigenvalue weighted by molar-refractivity contribution is 7.10. The van der Waals surface area contributed by atoms with Crippen LogP contribution in [0.2, 0.25) is 0 Å². The number of esters is 1. The summed E-state index contributed by atoms with van der Waals surface area (Å²) in [6, 6.07) is 8.08. The molecule has 0 amide bonds. The summed E-state index contributed by atoms with van der Waals surface area (Å²) in [5, 5.41) is 2.05. The van der Waals surface area contributed by atoms with Crippen LogP contribution < -0.4 is 10.5 Å². The third-order valence-electron chi connectivity index (χ3n) is 2.85. The predicted molar refractivity (Wildman–Crippen MR) is 91.1 cm³/mol. The van der Waals surface area contributed by atoms with Gasteiger partial charge in [0.25, 0.3) is 0 Å². The predicted octanol–water partition coefficient (Wildman–Crippen LogP) is 3.82. The summed E-state index contributed by atoms with van der Waals surface area (Å²) in [6.07, 6.45) is 4.13. The van der Waals surface area contributed by atoms with E-state index in [1.807, 2.05) is 37.4 Å². The second kappa shape index (κ2) is 7.98. The van der Waals surface area contributed by atoms with E-state index in [4.69, 9.17) is 10.5 Å². The summed E-state index contributed by atoms with van der Waals surface area (Å²) in [5.41, 5.74) is 8.21. The minimum atomic E-state index is -0.418. The molecule has 0 aliphatic heterocycles. The molecule has 2 aromatic rings. The van der Waals surface area contributed by atoms with Crippen LogP contribution in [-0.2, 0) is 4.79 Å². The van der Waals surface area contributed by atoms with Gasteiger partial charge in [0.15, 0.2) is 0 Å². The molecule has 1 heterocycles. The van der Waals surface area contributed by atoms with Gasteiger partial charge >= 0.3 is 5.97 Å². The molecule has 0 saturated heterocycles. The molecule has 2 rings (SSSR count). The van der Waals surface area contributed by atoms with Crippen molar-refractivity contribution in [1.29, 1.82) is 0 Å². The Kier molecular flexibility index (Phi) is 6.62. The van der Waals surface area contributed by atoms with Gasteiger partial charge in [0.2, 0.25) is 0 Å². The van der Waals surface area contributed by atoms with E-state index in [0.29, 0.717) is 5.75 Å². The molecule has 0 fully saturated rings. The Bertz CT molecular complexity index is 613. The summed E-state index contributed by atoms with van der Waals surface area (Å²) in [4.78, 5) is 12.5. The van der Waals surface area contributed by atoms with Crippen LogP contribution in [0.5, 0.6) is 5.75 Å². The number of nitrogens with two attached hydrogens (primary N) is 1. The molecule has 21 heavy (non-hydrogen) atoms. The zero-order valence-corrected chi connectivity index (χ0v) is 13.6. The zero-order valence-electron chi connectivity index (χ0n) is 12.0. The topological polar surface area (TPSA) is 52.3 Å². The van der Waals surface area contributed by atoms with E-state index in [0.717, 1.165) is 16.7 Å². The molecule has 0 bridgehead atoms. The molecule has 0 unspecified atom stereocenters. The normalized spacial score (nSPS) is 10.4. The molecule has 0 aliphatic rings. The van der Waals surface area contributed by atoms with Crippen molar-refractivity contribution in [3.63, 3.8) is 0 Å². The molecule has 5 heteroatoms. The molecule has 1 aromatic heterocycles. The van der Waals surface area contributed by atoms with Crippen LogP contribution in [0.4, 0.5) is 0 Å². The summed E-state index contributed by atoms with van der Waals surface area (Å²) in [7, 11) is 0. The van der Waals surface area contributed by atoms with Crippen LogP contribution in [0, 0.1) is 13.8 Å². The van der Waals surface area contributed by atoms with Crippen LogP contribution in [0.15, 0.2) is 29.6 Å². The molecule has 0 spiro atoms. The Morgan fingerprint density at radius 1 is 1.29 bits per heavy atom. The van der Waals surface area contributed by atoms with Gasteiger partial charge in [-0.1, -0.05) is 12.1 Å². The molecule has 2 N–H and O–H groups in total. The van der Waals surface area contributed by atoms with Gasteiger partial charge in [-0.3, -0.25) is 4.79 Å². The molecule has 0 atom stereocenters. The fourth-order valence-electron chi connectivity index (χ4n) is 1.96. The number of carbonyl (C=O) groups is 1. The molecular formula is C16H18ClNO2S. The quantitative estimate of drug-likeness (QED) is 0.687. The van der Waals surface area contributed by atoms with Gasteiger partial charge in [0.05, 0.1) is 6.54 Å². The van der Waals surface area contributed by atoms with Gasteiger partial charge in [-0.2, -0.15) is 0 Å². The number of halogens is 1. The van der Waals surface area contributed by atoms with Crippen molar-refractivity contribution in [2.24, 2.45) is 5.73 Å². The summed E-state index contributed by atoms with van der Waals surface area (Å²) >= 11 is 1.70. The number of rotatable bonds is 4. The average Bonchev–Trinajstić information content (AvgIpc) is 2.93. The van der Waals surface area contributed by atoms with Crippen LogP contribution in [0.1, 0.15) is 21.6 Å². The van der Waals surface area contributed by atoms with E-state index in [9.17, 15) is 4.79 Å². The Morgan fingerprint density at radius 3 is 2.48 bits per heavy atom. The molecule has 0 radical (unpaired) electrons. The molecule has 0 saturated carbocycles. The van der Waals surface area contributed by atoms with E-state index in [-0.39, 0.29) is 19.0 Å². The van der Waals surface area contributed by atoms with Gasteiger partial charge in [-0.25, -0.2) is 0 Å². The number of ether oxygens (including phenoxy) is 1. The third-order valence-corrected chi connectivity index (χ3v) is 3.69. The number of hydrogen-bond donors (Lipinski definition) is 1. The van der Waals surface area contributed by atoms with Gasteiger partial charge in [-0.05, 0) is 60.2 Å². The maximum atomic E-state index is 11.3. The number of thiophene rings is 1. The fourth-order valence-corrected chi connectivity index (χ4v) is 2.58. The van der Waals surface area contributed by atoms with Crippen molar-refractivity contribution in [3.05, 3.63) is 51.2 Å². The smallest absolute Gasteiger partial charge is 0.325 e. The van der Waals surface area contributed by atoms with Crippen molar-refractivity contribution in [3.8, 4) is 5.75 Å². The maximum Gasteiger partial charge on any atom is 0.325 e. The van der Waals surface area contributed by atoms with Crippen molar-refractivity contribution in [2.75, 3.05) is 6.54 Å². The summed E-state index contributed by atoms with van der Waals surface area (Å²) < 4.78 is 5.24. The highest BCUT2D eigenvalue weighted by Crippen LogP contribution is 2.26. The first kappa shape index (κ1) is 17.4. The third kappa shape index (κ3) is 4.70. The van der Waals surface area contributed by atoms with E-state index < -0.39 is 5.97 Å². The van der Waals surface area contributed by atoms with E-state index in [1.165, 1.54) is 4.88 Å². The number of aryl methyl sites for hydroxylation is 2. The van der Waals surface area contributed by atoms with Crippen molar-refractivity contribution >= 4 is 41.9 Å².